The lowest BCUT2D eigenvalue weighted by Crippen LogP contribution is -2.34. The Labute approximate surface area is 221 Å². The second kappa shape index (κ2) is 17.2. The van der Waals surface area contributed by atoms with Crippen LogP contribution >= 0.6 is 15.9 Å². The van der Waals surface area contributed by atoms with Crippen molar-refractivity contribution < 1.29 is 19.1 Å². The minimum Gasteiger partial charge on any atom is -0.423 e. The molecule has 0 radical (unpaired) electrons. The van der Waals surface area contributed by atoms with Gasteiger partial charge in [0.2, 0.25) is 5.91 Å². The van der Waals surface area contributed by atoms with Crippen molar-refractivity contribution in [1.82, 2.24) is 10.7 Å². The summed E-state index contributed by atoms with van der Waals surface area (Å²) in [5.41, 5.74) is 3.75. The van der Waals surface area contributed by atoms with Gasteiger partial charge in [0.05, 0.1) is 12.8 Å². The van der Waals surface area contributed by atoms with Gasteiger partial charge >= 0.3 is 5.97 Å². The van der Waals surface area contributed by atoms with Crippen LogP contribution in [-0.4, -0.2) is 30.5 Å². The Morgan fingerprint density at radius 2 is 1.67 bits per heavy atom. The molecule has 2 aromatic rings. The molecule has 2 amide bonds. The maximum absolute atomic E-state index is 12.2. The van der Waals surface area contributed by atoms with E-state index in [1.165, 1.54) is 38.0 Å². The summed E-state index contributed by atoms with van der Waals surface area (Å²) in [7, 11) is 0. The van der Waals surface area contributed by atoms with Crippen molar-refractivity contribution in [2.45, 2.75) is 58.3 Å². The number of hydrazone groups is 1. The van der Waals surface area contributed by atoms with Gasteiger partial charge in [-0.1, -0.05) is 91.7 Å². The van der Waals surface area contributed by atoms with E-state index in [-0.39, 0.29) is 12.5 Å². The summed E-state index contributed by atoms with van der Waals surface area (Å²) in [6, 6.07) is 14.5. The third-order valence-electron chi connectivity index (χ3n) is 5.24. The number of hydrogen-bond donors (Lipinski definition) is 2. The SMILES string of the molecule is CCCCCCCCCC(=O)NCC(=O)N/N=C/c1cc(Br)ccc1OC(=O)/C=C/c1ccccc1. The Hall–Kier alpha value is -3.26. The van der Waals surface area contributed by atoms with Crippen LogP contribution in [-0.2, 0) is 14.4 Å². The van der Waals surface area contributed by atoms with Gasteiger partial charge in [0.25, 0.3) is 5.91 Å². The first-order valence-corrected chi connectivity index (χ1v) is 13.1. The second-order valence-electron chi connectivity index (χ2n) is 8.29. The van der Waals surface area contributed by atoms with E-state index in [0.29, 0.717) is 17.7 Å². The Balaban J connectivity index is 1.76. The van der Waals surface area contributed by atoms with Crippen LogP contribution in [0.4, 0.5) is 0 Å². The standard InChI is InChI=1S/C28H34BrN3O4/c1-2-3-4-5-6-7-11-14-26(33)30-21-27(34)32-31-20-23-19-24(29)16-17-25(23)36-28(35)18-15-22-12-9-8-10-13-22/h8-10,12-13,15-20H,2-7,11,14,21H2,1H3,(H,30,33)(H,32,34)/b18-15+,31-20+. The van der Waals surface area contributed by atoms with E-state index in [9.17, 15) is 14.4 Å². The van der Waals surface area contributed by atoms with Crippen LogP contribution in [0.25, 0.3) is 6.08 Å². The lowest BCUT2D eigenvalue weighted by Gasteiger charge is -2.07. The fourth-order valence-electron chi connectivity index (χ4n) is 3.31. The number of hydrogen-bond acceptors (Lipinski definition) is 5. The first-order chi connectivity index (χ1) is 17.5. The predicted octanol–water partition coefficient (Wildman–Crippen LogP) is 5.77. The Kier molecular flexibility index (Phi) is 13.9. The molecule has 0 heterocycles. The lowest BCUT2D eigenvalue weighted by atomic mass is 10.1. The summed E-state index contributed by atoms with van der Waals surface area (Å²) in [5.74, 6) is -0.837. The molecule has 2 N–H and O–H groups in total. The zero-order valence-electron chi connectivity index (χ0n) is 20.7. The van der Waals surface area contributed by atoms with Crippen molar-refractivity contribution in [3.05, 3.63) is 70.2 Å². The zero-order chi connectivity index (χ0) is 26.0. The fourth-order valence-corrected chi connectivity index (χ4v) is 3.69. The van der Waals surface area contributed by atoms with Crippen molar-refractivity contribution in [2.24, 2.45) is 5.10 Å². The number of amides is 2. The summed E-state index contributed by atoms with van der Waals surface area (Å²) in [6.07, 6.45) is 12.7. The van der Waals surface area contributed by atoms with E-state index in [1.54, 1.807) is 24.3 Å². The van der Waals surface area contributed by atoms with Crippen LogP contribution < -0.4 is 15.5 Å². The van der Waals surface area contributed by atoms with Crippen molar-refractivity contribution in [1.29, 1.82) is 0 Å². The first-order valence-electron chi connectivity index (χ1n) is 12.3. The number of carbonyl (C=O) groups is 3. The third-order valence-corrected chi connectivity index (χ3v) is 5.73. The number of esters is 1. The molecule has 2 aromatic carbocycles. The number of ether oxygens (including phenoxy) is 1. The molecule has 0 saturated carbocycles. The first kappa shape index (κ1) is 29.0. The van der Waals surface area contributed by atoms with Crippen LogP contribution in [0.3, 0.4) is 0 Å². The molecule has 7 nitrogen and oxygen atoms in total. The fraction of sp³-hybridized carbons (Fsp3) is 0.357. The van der Waals surface area contributed by atoms with Gasteiger partial charge in [0, 0.05) is 22.5 Å². The highest BCUT2D eigenvalue weighted by Gasteiger charge is 2.08. The summed E-state index contributed by atoms with van der Waals surface area (Å²) < 4.78 is 6.18. The highest BCUT2D eigenvalue weighted by Crippen LogP contribution is 2.22. The molecular formula is C28H34BrN3O4. The van der Waals surface area contributed by atoms with Crippen molar-refractivity contribution >= 4 is 46.0 Å². The minimum absolute atomic E-state index is 0.146. The van der Waals surface area contributed by atoms with Gasteiger partial charge in [-0.2, -0.15) is 5.10 Å². The molecule has 8 heteroatoms. The maximum atomic E-state index is 12.2. The Morgan fingerprint density at radius 3 is 2.42 bits per heavy atom. The van der Waals surface area contributed by atoms with Crippen LogP contribution in [0.2, 0.25) is 0 Å². The van der Waals surface area contributed by atoms with Crippen LogP contribution in [0, 0.1) is 0 Å². The van der Waals surface area contributed by atoms with Crippen molar-refractivity contribution in [3.8, 4) is 5.75 Å². The summed E-state index contributed by atoms with van der Waals surface area (Å²) in [6.45, 7) is 2.03. The van der Waals surface area contributed by atoms with Gasteiger partial charge in [-0.3, -0.25) is 9.59 Å². The number of nitrogens with zero attached hydrogens (tertiary/aromatic N) is 1. The normalized spacial score (nSPS) is 11.1. The van der Waals surface area contributed by atoms with Gasteiger partial charge < -0.3 is 10.1 Å². The quantitative estimate of drug-likeness (QED) is 0.0727. The average molecular weight is 557 g/mol. The maximum Gasteiger partial charge on any atom is 0.336 e. The minimum atomic E-state index is -0.538. The summed E-state index contributed by atoms with van der Waals surface area (Å²) in [4.78, 5) is 36.2. The molecule has 0 fully saturated rings. The van der Waals surface area contributed by atoms with Gasteiger partial charge in [-0.25, -0.2) is 10.2 Å². The molecule has 0 aliphatic carbocycles. The number of nitrogens with one attached hydrogen (secondary N) is 2. The highest BCUT2D eigenvalue weighted by atomic mass is 79.9. The van der Waals surface area contributed by atoms with Crippen LogP contribution in [0.15, 0.2) is 64.2 Å². The molecule has 0 unspecified atom stereocenters. The number of unbranched alkanes of at least 4 members (excludes halogenated alkanes) is 6. The number of halogens is 1. The molecule has 0 bridgehead atoms. The topological polar surface area (TPSA) is 96.9 Å². The average Bonchev–Trinajstić information content (AvgIpc) is 2.88. The molecule has 0 aliphatic rings. The molecule has 0 atom stereocenters. The van der Waals surface area contributed by atoms with E-state index >= 15 is 0 Å². The molecule has 0 aliphatic heterocycles. The van der Waals surface area contributed by atoms with Crippen LogP contribution in [0.5, 0.6) is 5.75 Å². The lowest BCUT2D eigenvalue weighted by molar-refractivity contribution is -0.129. The van der Waals surface area contributed by atoms with E-state index in [2.05, 4.69) is 38.7 Å². The number of rotatable bonds is 15. The molecule has 0 spiro atoms. The van der Waals surface area contributed by atoms with Gasteiger partial charge in [-0.15, -0.1) is 0 Å². The molecule has 2 rings (SSSR count). The van der Waals surface area contributed by atoms with Gasteiger partial charge in [0.15, 0.2) is 0 Å². The monoisotopic (exact) mass is 555 g/mol. The van der Waals surface area contributed by atoms with E-state index in [1.807, 2.05) is 30.3 Å². The molecular weight excluding hydrogens is 522 g/mol. The number of carbonyl (C=O) groups excluding carboxylic acids is 3. The molecule has 36 heavy (non-hydrogen) atoms. The predicted molar refractivity (Wildman–Crippen MR) is 147 cm³/mol. The Morgan fingerprint density at radius 1 is 0.944 bits per heavy atom. The van der Waals surface area contributed by atoms with E-state index < -0.39 is 11.9 Å². The van der Waals surface area contributed by atoms with Crippen LogP contribution in [0.1, 0.15) is 69.4 Å². The van der Waals surface area contributed by atoms with Crippen molar-refractivity contribution in [2.75, 3.05) is 6.54 Å². The molecule has 0 aromatic heterocycles. The summed E-state index contributed by atoms with van der Waals surface area (Å²) >= 11 is 3.38. The molecule has 192 valence electrons. The largest absolute Gasteiger partial charge is 0.423 e. The van der Waals surface area contributed by atoms with E-state index in [4.69, 9.17) is 4.74 Å². The molecule has 0 saturated heterocycles. The Bertz CT molecular complexity index is 1040. The highest BCUT2D eigenvalue weighted by molar-refractivity contribution is 9.10. The number of benzene rings is 2. The zero-order valence-corrected chi connectivity index (χ0v) is 22.3. The third kappa shape index (κ3) is 12.4. The second-order valence-corrected chi connectivity index (χ2v) is 9.20. The van der Waals surface area contributed by atoms with Gasteiger partial charge in [0.1, 0.15) is 5.75 Å². The summed E-state index contributed by atoms with van der Waals surface area (Å²) in [5, 5.41) is 6.53. The smallest absolute Gasteiger partial charge is 0.336 e. The van der Waals surface area contributed by atoms with Gasteiger partial charge in [-0.05, 0) is 36.3 Å². The van der Waals surface area contributed by atoms with E-state index in [0.717, 1.165) is 29.3 Å². The van der Waals surface area contributed by atoms with Crippen molar-refractivity contribution in [3.63, 3.8) is 0 Å².